The molecule has 0 saturated carbocycles. The van der Waals surface area contributed by atoms with Crippen LogP contribution in [0, 0.1) is 0 Å². The van der Waals surface area contributed by atoms with E-state index in [0.717, 1.165) is 49.4 Å². The summed E-state index contributed by atoms with van der Waals surface area (Å²) in [6.07, 6.45) is 1.94. The third-order valence-electron chi connectivity index (χ3n) is 5.94. The second-order valence-corrected chi connectivity index (χ2v) is 8.40. The second kappa shape index (κ2) is 11.7. The summed E-state index contributed by atoms with van der Waals surface area (Å²) in [6.45, 7) is 8.63. The third kappa shape index (κ3) is 6.50. The van der Waals surface area contributed by atoms with E-state index in [0.29, 0.717) is 12.4 Å². The van der Waals surface area contributed by atoms with Gasteiger partial charge in [0.1, 0.15) is 12.4 Å². The molecule has 4 rings (SSSR count). The number of carbonyl (C=O) groups is 1. The number of hydrogen-bond donors (Lipinski definition) is 2. The van der Waals surface area contributed by atoms with Crippen molar-refractivity contribution >= 4 is 5.97 Å². The molecule has 1 fully saturated rings. The standard InChI is InChI=1S/C25H30N6O4/c1-2-10-29-11-13-30(14-12-29)24(21-4-3-5-22(32)17-21)19-6-8-20(9-7-19)25-26-28-31(27-25)15-16-35-18-23(33)34/h2-9,17,24,32H,1,10-16,18H2,(H,33,34)/t24-/m0/s1. The molecule has 0 spiro atoms. The van der Waals surface area contributed by atoms with Gasteiger partial charge in [-0.05, 0) is 28.5 Å². The number of carboxylic acids is 1. The molecule has 1 atom stereocenters. The molecule has 0 amide bonds. The predicted molar refractivity (Wildman–Crippen MR) is 130 cm³/mol. The van der Waals surface area contributed by atoms with Crippen molar-refractivity contribution in [3.8, 4) is 17.1 Å². The van der Waals surface area contributed by atoms with E-state index in [1.54, 1.807) is 6.07 Å². The van der Waals surface area contributed by atoms with E-state index in [9.17, 15) is 9.90 Å². The van der Waals surface area contributed by atoms with Crippen molar-refractivity contribution in [1.29, 1.82) is 0 Å². The zero-order valence-corrected chi connectivity index (χ0v) is 19.5. The van der Waals surface area contributed by atoms with Gasteiger partial charge in [-0.2, -0.15) is 4.80 Å². The van der Waals surface area contributed by atoms with Gasteiger partial charge in [-0.15, -0.1) is 16.8 Å². The van der Waals surface area contributed by atoms with Crippen molar-refractivity contribution in [3.05, 3.63) is 72.3 Å². The maximum Gasteiger partial charge on any atom is 0.329 e. The number of rotatable bonds is 11. The molecule has 1 aromatic heterocycles. The fourth-order valence-electron chi connectivity index (χ4n) is 4.27. The molecule has 0 bridgehead atoms. The van der Waals surface area contributed by atoms with Crippen LogP contribution < -0.4 is 0 Å². The summed E-state index contributed by atoms with van der Waals surface area (Å²) in [4.78, 5) is 16.7. The quantitative estimate of drug-likeness (QED) is 0.315. The van der Waals surface area contributed by atoms with Crippen molar-refractivity contribution in [2.45, 2.75) is 12.6 Å². The van der Waals surface area contributed by atoms with Crippen LogP contribution >= 0.6 is 0 Å². The highest BCUT2D eigenvalue weighted by molar-refractivity contribution is 5.67. The molecular formula is C25H30N6O4. The molecule has 35 heavy (non-hydrogen) atoms. The summed E-state index contributed by atoms with van der Waals surface area (Å²) >= 11 is 0. The van der Waals surface area contributed by atoms with Crippen LogP contribution in [-0.2, 0) is 16.1 Å². The van der Waals surface area contributed by atoms with Crippen molar-refractivity contribution in [2.24, 2.45) is 0 Å². The number of phenolic OH excluding ortho intramolecular Hbond substituents is 1. The predicted octanol–water partition coefficient (Wildman–Crippen LogP) is 2.04. The highest BCUT2D eigenvalue weighted by Crippen LogP contribution is 2.32. The summed E-state index contributed by atoms with van der Waals surface area (Å²) in [5.74, 6) is -0.274. The Morgan fingerprint density at radius 2 is 1.89 bits per heavy atom. The Morgan fingerprint density at radius 3 is 2.57 bits per heavy atom. The second-order valence-electron chi connectivity index (χ2n) is 8.40. The first-order valence-corrected chi connectivity index (χ1v) is 11.6. The Labute approximate surface area is 204 Å². The summed E-state index contributed by atoms with van der Waals surface area (Å²) in [5, 5.41) is 31.2. The number of benzene rings is 2. The molecule has 2 N–H and O–H groups in total. The van der Waals surface area contributed by atoms with Crippen LogP contribution in [-0.4, -0.2) is 92.1 Å². The summed E-state index contributed by atoms with van der Waals surface area (Å²) in [7, 11) is 0. The molecule has 2 heterocycles. The number of piperazine rings is 1. The van der Waals surface area contributed by atoms with E-state index in [-0.39, 0.29) is 25.0 Å². The average Bonchev–Trinajstić information content (AvgIpc) is 3.33. The number of carboxylic acid groups (broad SMARTS) is 1. The largest absolute Gasteiger partial charge is 0.508 e. The van der Waals surface area contributed by atoms with Gasteiger partial charge in [0, 0.05) is 38.3 Å². The number of hydrogen-bond acceptors (Lipinski definition) is 8. The van der Waals surface area contributed by atoms with Gasteiger partial charge < -0.3 is 14.9 Å². The van der Waals surface area contributed by atoms with Gasteiger partial charge in [0.25, 0.3) is 0 Å². The summed E-state index contributed by atoms with van der Waals surface area (Å²) in [5.41, 5.74) is 2.99. The van der Waals surface area contributed by atoms with Gasteiger partial charge >= 0.3 is 5.97 Å². The third-order valence-corrected chi connectivity index (χ3v) is 5.94. The normalized spacial score (nSPS) is 15.7. The maximum absolute atomic E-state index is 10.5. The SMILES string of the molecule is C=CCN1CCN([C@@H](c2ccc(-c3nnn(CCOCC(=O)O)n3)cc2)c2cccc(O)c2)CC1. The van der Waals surface area contributed by atoms with Gasteiger partial charge in [0.15, 0.2) is 0 Å². The van der Waals surface area contributed by atoms with E-state index >= 15 is 0 Å². The fraction of sp³-hybridized carbons (Fsp3) is 0.360. The van der Waals surface area contributed by atoms with Crippen molar-refractivity contribution in [1.82, 2.24) is 30.0 Å². The molecule has 10 heteroatoms. The number of aromatic nitrogens is 4. The number of nitrogens with zero attached hydrogens (tertiary/aromatic N) is 6. The van der Waals surface area contributed by atoms with Crippen LogP contribution in [0.1, 0.15) is 17.2 Å². The summed E-state index contributed by atoms with van der Waals surface area (Å²) < 4.78 is 5.03. The fourth-order valence-corrected chi connectivity index (χ4v) is 4.27. The lowest BCUT2D eigenvalue weighted by atomic mass is 9.95. The van der Waals surface area contributed by atoms with Gasteiger partial charge in [0.05, 0.1) is 19.2 Å². The van der Waals surface area contributed by atoms with Crippen LogP contribution in [0.5, 0.6) is 5.75 Å². The van der Waals surface area contributed by atoms with Gasteiger partial charge in [-0.25, -0.2) is 4.79 Å². The van der Waals surface area contributed by atoms with Gasteiger partial charge in [-0.1, -0.05) is 42.5 Å². The average molecular weight is 479 g/mol. The van der Waals surface area contributed by atoms with Crippen molar-refractivity contribution in [3.63, 3.8) is 0 Å². The first kappa shape index (κ1) is 24.5. The molecule has 1 aliphatic heterocycles. The van der Waals surface area contributed by atoms with Crippen LogP contribution in [0.15, 0.2) is 61.2 Å². The molecule has 1 saturated heterocycles. The lowest BCUT2D eigenvalue weighted by Crippen LogP contribution is -2.47. The van der Waals surface area contributed by atoms with Crippen LogP contribution in [0.2, 0.25) is 0 Å². The Hall–Kier alpha value is -3.60. The molecule has 0 aliphatic carbocycles. The number of ether oxygens (including phenoxy) is 1. The van der Waals surface area contributed by atoms with Crippen molar-refractivity contribution in [2.75, 3.05) is 45.9 Å². The van der Waals surface area contributed by atoms with E-state index in [1.807, 2.05) is 36.4 Å². The van der Waals surface area contributed by atoms with Crippen LogP contribution in [0.4, 0.5) is 0 Å². The minimum atomic E-state index is -1.01. The molecule has 3 aromatic rings. The molecule has 184 valence electrons. The van der Waals surface area contributed by atoms with E-state index in [4.69, 9.17) is 9.84 Å². The van der Waals surface area contributed by atoms with Crippen LogP contribution in [0.25, 0.3) is 11.4 Å². The van der Waals surface area contributed by atoms with Crippen molar-refractivity contribution < 1.29 is 19.7 Å². The molecule has 10 nitrogen and oxygen atoms in total. The topological polar surface area (TPSA) is 117 Å². The molecule has 0 radical (unpaired) electrons. The number of aliphatic carboxylic acids is 1. The minimum absolute atomic E-state index is 0.0112. The lowest BCUT2D eigenvalue weighted by molar-refractivity contribution is -0.142. The molecular weight excluding hydrogens is 448 g/mol. The van der Waals surface area contributed by atoms with E-state index in [1.165, 1.54) is 4.80 Å². The lowest BCUT2D eigenvalue weighted by Gasteiger charge is -2.39. The Balaban J connectivity index is 1.49. The molecule has 0 unspecified atom stereocenters. The monoisotopic (exact) mass is 478 g/mol. The Kier molecular flexibility index (Phi) is 8.19. The maximum atomic E-state index is 10.5. The zero-order valence-electron chi connectivity index (χ0n) is 19.5. The highest BCUT2D eigenvalue weighted by atomic mass is 16.5. The first-order chi connectivity index (χ1) is 17.0. The number of aromatic hydroxyl groups is 1. The Bertz CT molecular complexity index is 1120. The number of phenols is 1. The molecule has 1 aliphatic rings. The minimum Gasteiger partial charge on any atom is -0.508 e. The van der Waals surface area contributed by atoms with Gasteiger partial charge in [0.2, 0.25) is 5.82 Å². The smallest absolute Gasteiger partial charge is 0.329 e. The highest BCUT2D eigenvalue weighted by Gasteiger charge is 2.26. The van der Waals surface area contributed by atoms with E-state index in [2.05, 4.69) is 43.9 Å². The van der Waals surface area contributed by atoms with Gasteiger partial charge in [-0.3, -0.25) is 9.80 Å². The molecule has 2 aromatic carbocycles. The van der Waals surface area contributed by atoms with E-state index < -0.39 is 5.97 Å². The zero-order chi connectivity index (χ0) is 24.6. The summed E-state index contributed by atoms with van der Waals surface area (Å²) in [6, 6.07) is 15.5. The first-order valence-electron chi connectivity index (χ1n) is 11.6. The number of tetrazole rings is 1. The Morgan fingerprint density at radius 1 is 1.11 bits per heavy atom. The van der Waals surface area contributed by atoms with Crippen LogP contribution in [0.3, 0.4) is 0 Å².